The Balaban J connectivity index is 2.42. The quantitative estimate of drug-likeness (QED) is 0.707. The van der Waals surface area contributed by atoms with E-state index in [-0.39, 0.29) is 36.3 Å². The molecule has 0 unspecified atom stereocenters. The molecule has 2 rings (SSSR count). The molecule has 2 fully saturated rings. The molecule has 0 aromatic heterocycles. The molecule has 1 aliphatic carbocycles. The Labute approximate surface area is 95.6 Å². The van der Waals surface area contributed by atoms with Crippen molar-refractivity contribution < 1.29 is 14.7 Å². The molecule has 1 saturated carbocycles. The molecule has 1 saturated heterocycles. The first-order chi connectivity index (χ1) is 7.36. The van der Waals surface area contributed by atoms with E-state index in [1.54, 1.807) is 0 Å². The Morgan fingerprint density at radius 2 is 2.00 bits per heavy atom. The molecule has 0 radical (unpaired) electrons. The average molecular weight is 225 g/mol. The lowest BCUT2D eigenvalue weighted by Crippen LogP contribution is -2.59. The second-order valence-electron chi connectivity index (χ2n) is 5.66. The molecule has 90 valence electrons. The Bertz CT molecular complexity index is 350. The van der Waals surface area contributed by atoms with Gasteiger partial charge in [-0.1, -0.05) is 20.8 Å². The first-order valence-electron chi connectivity index (χ1n) is 5.83. The summed E-state index contributed by atoms with van der Waals surface area (Å²) in [6, 6.07) is 0. The maximum Gasteiger partial charge on any atom is 0.235 e. The molecular weight excluding hydrogens is 206 g/mol. The monoisotopic (exact) mass is 225 g/mol. The van der Waals surface area contributed by atoms with E-state index in [0.717, 1.165) is 12.8 Å². The van der Waals surface area contributed by atoms with Gasteiger partial charge in [-0.15, -0.1) is 0 Å². The highest BCUT2D eigenvalue weighted by Crippen LogP contribution is 2.59. The highest BCUT2D eigenvalue weighted by molar-refractivity contribution is 6.03. The maximum absolute atomic E-state index is 12.3. The van der Waals surface area contributed by atoms with Crippen molar-refractivity contribution in [3.05, 3.63) is 0 Å². The lowest BCUT2D eigenvalue weighted by atomic mass is 9.62. The van der Waals surface area contributed by atoms with Gasteiger partial charge in [-0.3, -0.25) is 14.5 Å². The number of nitrogens with zero attached hydrogens (tertiary/aromatic N) is 1. The fourth-order valence-corrected chi connectivity index (χ4v) is 3.21. The van der Waals surface area contributed by atoms with Gasteiger partial charge in [0.15, 0.2) is 0 Å². The van der Waals surface area contributed by atoms with Gasteiger partial charge >= 0.3 is 0 Å². The van der Waals surface area contributed by atoms with Gasteiger partial charge in [0.05, 0.1) is 18.6 Å². The normalized spacial score (nSPS) is 37.0. The number of β-amino-alcohol motifs (C(OH)–C–C–N with tert-alkyl or cyclic N) is 1. The average Bonchev–Trinajstić information content (AvgIpc) is 2.40. The van der Waals surface area contributed by atoms with Crippen LogP contribution in [0.25, 0.3) is 0 Å². The molecule has 2 aliphatic rings. The van der Waals surface area contributed by atoms with Crippen LogP contribution >= 0.6 is 0 Å². The molecule has 4 nitrogen and oxygen atoms in total. The number of aliphatic hydroxyl groups is 1. The third kappa shape index (κ3) is 1.14. The van der Waals surface area contributed by atoms with E-state index in [1.165, 1.54) is 4.90 Å². The highest BCUT2D eigenvalue weighted by Gasteiger charge is 2.64. The van der Waals surface area contributed by atoms with Gasteiger partial charge in [0, 0.05) is 5.92 Å². The van der Waals surface area contributed by atoms with Crippen LogP contribution in [0.15, 0.2) is 0 Å². The number of hydrogen-bond donors (Lipinski definition) is 1. The maximum atomic E-state index is 12.3. The molecular formula is C12H19NO3. The van der Waals surface area contributed by atoms with E-state index in [2.05, 4.69) is 0 Å². The van der Waals surface area contributed by atoms with E-state index >= 15 is 0 Å². The zero-order chi connectivity index (χ0) is 12.1. The van der Waals surface area contributed by atoms with Crippen LogP contribution in [0.4, 0.5) is 0 Å². The number of rotatable bonds is 2. The summed E-state index contributed by atoms with van der Waals surface area (Å²) < 4.78 is 0. The number of likely N-dealkylation sites (tertiary alicyclic amines) is 1. The van der Waals surface area contributed by atoms with Gasteiger partial charge in [-0.2, -0.15) is 0 Å². The topological polar surface area (TPSA) is 57.6 Å². The summed E-state index contributed by atoms with van der Waals surface area (Å²) in [5.74, 6) is -0.272. The van der Waals surface area contributed by atoms with Crippen LogP contribution in [0.2, 0.25) is 0 Å². The third-order valence-electron chi connectivity index (χ3n) is 4.83. The van der Waals surface area contributed by atoms with E-state index < -0.39 is 5.41 Å². The van der Waals surface area contributed by atoms with Crippen molar-refractivity contribution in [2.45, 2.75) is 33.6 Å². The summed E-state index contributed by atoms with van der Waals surface area (Å²) in [4.78, 5) is 25.7. The number of aliphatic hydroxyl groups excluding tert-OH is 1. The SMILES string of the molecule is CC1(C)[C@@H]2CC[C@@]1(C)C(=O)N(CCO)C2=O. The highest BCUT2D eigenvalue weighted by atomic mass is 16.3. The van der Waals surface area contributed by atoms with Crippen LogP contribution in [0.5, 0.6) is 0 Å². The molecule has 2 bridgehead atoms. The Kier molecular flexibility index (Phi) is 2.38. The number of amides is 2. The van der Waals surface area contributed by atoms with Crippen LogP contribution in [0, 0.1) is 16.7 Å². The number of imide groups is 1. The van der Waals surface area contributed by atoms with Crippen molar-refractivity contribution >= 4 is 11.8 Å². The molecule has 0 aromatic carbocycles. The summed E-state index contributed by atoms with van der Waals surface area (Å²) in [7, 11) is 0. The number of piperidine rings is 1. The second kappa shape index (κ2) is 3.29. The summed E-state index contributed by atoms with van der Waals surface area (Å²) in [5.41, 5.74) is -0.701. The van der Waals surface area contributed by atoms with E-state index in [9.17, 15) is 9.59 Å². The lowest BCUT2D eigenvalue weighted by molar-refractivity contribution is -0.168. The summed E-state index contributed by atoms with van der Waals surface area (Å²) >= 11 is 0. The minimum atomic E-state index is -0.444. The summed E-state index contributed by atoms with van der Waals surface area (Å²) in [6.45, 7) is 5.96. The number of carbonyl (C=O) groups is 2. The molecule has 1 heterocycles. The molecule has 0 aromatic rings. The smallest absolute Gasteiger partial charge is 0.235 e. The first-order valence-corrected chi connectivity index (χ1v) is 5.83. The third-order valence-corrected chi connectivity index (χ3v) is 4.83. The minimum Gasteiger partial charge on any atom is -0.395 e. The molecule has 0 spiro atoms. The van der Waals surface area contributed by atoms with Crippen LogP contribution in [-0.4, -0.2) is 35.0 Å². The van der Waals surface area contributed by atoms with Crippen LogP contribution in [0.3, 0.4) is 0 Å². The van der Waals surface area contributed by atoms with Crippen molar-refractivity contribution in [2.75, 3.05) is 13.2 Å². The zero-order valence-corrected chi connectivity index (χ0v) is 10.1. The van der Waals surface area contributed by atoms with E-state index in [1.807, 2.05) is 20.8 Å². The number of fused-ring (bicyclic) bond motifs is 2. The van der Waals surface area contributed by atoms with Crippen LogP contribution in [0.1, 0.15) is 33.6 Å². The van der Waals surface area contributed by atoms with Crippen molar-refractivity contribution in [1.29, 1.82) is 0 Å². The van der Waals surface area contributed by atoms with Gasteiger partial charge in [0.1, 0.15) is 0 Å². The Morgan fingerprint density at radius 3 is 2.56 bits per heavy atom. The summed E-state index contributed by atoms with van der Waals surface area (Å²) in [5, 5.41) is 8.91. The van der Waals surface area contributed by atoms with E-state index in [0.29, 0.717) is 0 Å². The first kappa shape index (κ1) is 11.6. The van der Waals surface area contributed by atoms with Crippen molar-refractivity contribution in [1.82, 2.24) is 4.90 Å². The molecule has 1 aliphatic heterocycles. The predicted molar refractivity (Wildman–Crippen MR) is 58.4 cm³/mol. The minimum absolute atomic E-state index is 0.0678. The fourth-order valence-electron chi connectivity index (χ4n) is 3.21. The van der Waals surface area contributed by atoms with Gasteiger partial charge in [0.2, 0.25) is 11.8 Å². The van der Waals surface area contributed by atoms with Crippen LogP contribution < -0.4 is 0 Å². The van der Waals surface area contributed by atoms with Gasteiger partial charge in [-0.25, -0.2) is 0 Å². The summed E-state index contributed by atoms with van der Waals surface area (Å²) in [6.07, 6.45) is 1.56. The second-order valence-corrected chi connectivity index (χ2v) is 5.66. The van der Waals surface area contributed by atoms with Gasteiger partial charge < -0.3 is 5.11 Å². The number of carbonyl (C=O) groups excluding carboxylic acids is 2. The predicted octanol–water partition coefficient (Wildman–Crippen LogP) is 0.790. The lowest BCUT2D eigenvalue weighted by Gasteiger charge is -2.47. The molecule has 4 heteroatoms. The molecule has 2 amide bonds. The van der Waals surface area contributed by atoms with Gasteiger partial charge in [0.25, 0.3) is 0 Å². The fraction of sp³-hybridized carbons (Fsp3) is 0.833. The molecule has 16 heavy (non-hydrogen) atoms. The molecule has 1 N–H and O–H groups in total. The van der Waals surface area contributed by atoms with Crippen molar-refractivity contribution in [3.8, 4) is 0 Å². The van der Waals surface area contributed by atoms with Crippen molar-refractivity contribution in [2.24, 2.45) is 16.7 Å². The van der Waals surface area contributed by atoms with Gasteiger partial charge in [-0.05, 0) is 18.3 Å². The van der Waals surface area contributed by atoms with E-state index in [4.69, 9.17) is 5.11 Å². The zero-order valence-electron chi connectivity index (χ0n) is 10.1. The number of hydrogen-bond acceptors (Lipinski definition) is 3. The van der Waals surface area contributed by atoms with Crippen LogP contribution in [-0.2, 0) is 9.59 Å². The standard InChI is InChI=1S/C12H19NO3/c1-11(2)8-4-5-12(11,3)10(16)13(6-7-14)9(8)15/h8,14H,4-7H2,1-3H3/t8-,12+/m1/s1. The van der Waals surface area contributed by atoms with Crippen molar-refractivity contribution in [3.63, 3.8) is 0 Å². The largest absolute Gasteiger partial charge is 0.395 e. The molecule has 2 atom stereocenters. The Hall–Kier alpha value is -0.900. The Morgan fingerprint density at radius 1 is 1.38 bits per heavy atom.